The van der Waals surface area contributed by atoms with Gasteiger partial charge in [0, 0.05) is 12.0 Å². The smallest absolute Gasteiger partial charge is 0.405 e. The van der Waals surface area contributed by atoms with Gasteiger partial charge in [-0.05, 0) is 35.2 Å². The molecule has 3 aromatic carbocycles. The number of fused-ring (bicyclic) bond motifs is 1. The van der Waals surface area contributed by atoms with Crippen LogP contribution in [0.1, 0.15) is 11.1 Å². The quantitative estimate of drug-likeness (QED) is 0.679. The van der Waals surface area contributed by atoms with Gasteiger partial charge in [0.2, 0.25) is 0 Å². The topological polar surface area (TPSA) is 58.6 Å². The third-order valence-corrected chi connectivity index (χ3v) is 5.00. The van der Waals surface area contributed by atoms with Crippen LogP contribution >= 0.6 is 0 Å². The van der Waals surface area contributed by atoms with Gasteiger partial charge in [0.1, 0.15) is 17.7 Å². The number of halogens is 1. The van der Waals surface area contributed by atoms with Gasteiger partial charge in [-0.2, -0.15) is 0 Å². The lowest BCUT2D eigenvalue weighted by Crippen LogP contribution is -2.46. The van der Waals surface area contributed by atoms with E-state index >= 15 is 0 Å². The number of rotatable bonds is 5. The minimum Gasteiger partial charge on any atom is -0.487 e. The van der Waals surface area contributed by atoms with Crippen molar-refractivity contribution in [2.75, 3.05) is 0 Å². The van der Waals surface area contributed by atoms with Crippen LogP contribution in [-0.4, -0.2) is 23.3 Å². The zero-order valence-corrected chi connectivity index (χ0v) is 15.1. The van der Waals surface area contributed by atoms with Gasteiger partial charge in [-0.3, -0.25) is 0 Å². The number of amides is 1. The zero-order chi connectivity index (χ0) is 19.5. The van der Waals surface area contributed by atoms with Crippen LogP contribution in [0.2, 0.25) is 0 Å². The molecule has 2 atom stereocenters. The summed E-state index contributed by atoms with van der Waals surface area (Å²) in [6, 6.07) is 21.5. The molecular formula is C23H20FNO3. The van der Waals surface area contributed by atoms with Crippen LogP contribution in [0, 0.1) is 5.82 Å². The third-order valence-electron chi connectivity index (χ3n) is 5.00. The Morgan fingerprint density at radius 1 is 1.07 bits per heavy atom. The highest BCUT2D eigenvalue weighted by Gasteiger charge is 2.33. The van der Waals surface area contributed by atoms with Crippen molar-refractivity contribution in [3.05, 3.63) is 89.7 Å². The number of nitrogens with one attached hydrogen (secondary N) is 1. The molecule has 5 heteroatoms. The minimum absolute atomic E-state index is 0.288. The van der Waals surface area contributed by atoms with Crippen molar-refractivity contribution in [2.24, 2.45) is 0 Å². The molecule has 142 valence electrons. The summed E-state index contributed by atoms with van der Waals surface area (Å²) in [5, 5.41) is 11.9. The summed E-state index contributed by atoms with van der Waals surface area (Å²) in [6.45, 7) is 0. The SMILES string of the molecule is O=C(O)NC(Cc1ccccc1)C1Cc2cccc(-c3ccc(F)cc3)c2O1. The van der Waals surface area contributed by atoms with E-state index in [0.29, 0.717) is 12.8 Å². The largest absolute Gasteiger partial charge is 0.487 e. The highest BCUT2D eigenvalue weighted by Crippen LogP contribution is 2.39. The molecule has 1 aliphatic rings. The molecule has 0 saturated carbocycles. The van der Waals surface area contributed by atoms with E-state index in [-0.39, 0.29) is 18.0 Å². The van der Waals surface area contributed by atoms with Gasteiger partial charge in [-0.25, -0.2) is 9.18 Å². The molecule has 0 aliphatic carbocycles. The molecule has 1 heterocycles. The standard InChI is InChI=1S/C23H20FNO3/c24-18-11-9-16(10-12-18)19-8-4-7-17-14-21(28-22(17)19)20(25-23(26)27)13-15-5-2-1-3-6-15/h1-12,20-21,25H,13-14H2,(H,26,27). The number of hydrogen-bond donors (Lipinski definition) is 2. The zero-order valence-electron chi connectivity index (χ0n) is 15.1. The maximum atomic E-state index is 13.3. The normalized spacial score (nSPS) is 16.1. The molecule has 4 rings (SSSR count). The van der Waals surface area contributed by atoms with Gasteiger partial charge in [0.05, 0.1) is 6.04 Å². The number of benzene rings is 3. The van der Waals surface area contributed by atoms with Gasteiger partial charge >= 0.3 is 6.09 Å². The average molecular weight is 377 g/mol. The molecule has 0 fully saturated rings. The second kappa shape index (κ2) is 7.72. The molecule has 0 bridgehead atoms. The Balaban J connectivity index is 1.61. The Morgan fingerprint density at radius 2 is 1.82 bits per heavy atom. The van der Waals surface area contributed by atoms with Gasteiger partial charge in [0.25, 0.3) is 0 Å². The van der Waals surface area contributed by atoms with E-state index in [2.05, 4.69) is 5.32 Å². The summed E-state index contributed by atoms with van der Waals surface area (Å²) < 4.78 is 19.5. The lowest BCUT2D eigenvalue weighted by molar-refractivity contribution is 0.154. The van der Waals surface area contributed by atoms with Crippen molar-refractivity contribution in [1.82, 2.24) is 5.32 Å². The number of hydrogen-bond acceptors (Lipinski definition) is 2. The third kappa shape index (κ3) is 3.83. The highest BCUT2D eigenvalue weighted by molar-refractivity contribution is 5.73. The second-order valence-corrected chi connectivity index (χ2v) is 6.91. The predicted molar refractivity (Wildman–Crippen MR) is 105 cm³/mol. The predicted octanol–water partition coefficient (Wildman–Crippen LogP) is 4.68. The maximum absolute atomic E-state index is 13.3. The number of ether oxygens (including phenoxy) is 1. The Bertz CT molecular complexity index is 973. The molecule has 0 aromatic heterocycles. The van der Waals surface area contributed by atoms with Crippen molar-refractivity contribution in [3.63, 3.8) is 0 Å². The summed E-state index contributed by atoms with van der Waals surface area (Å²) in [4.78, 5) is 11.3. The summed E-state index contributed by atoms with van der Waals surface area (Å²) in [5.74, 6) is 0.452. The van der Waals surface area contributed by atoms with Crippen molar-refractivity contribution in [2.45, 2.75) is 25.0 Å². The molecule has 4 nitrogen and oxygen atoms in total. The average Bonchev–Trinajstić information content (AvgIpc) is 3.13. The lowest BCUT2D eigenvalue weighted by atomic mass is 9.96. The monoisotopic (exact) mass is 377 g/mol. The summed E-state index contributed by atoms with van der Waals surface area (Å²) >= 11 is 0. The lowest BCUT2D eigenvalue weighted by Gasteiger charge is -2.23. The van der Waals surface area contributed by atoms with Gasteiger partial charge in [-0.1, -0.05) is 60.7 Å². The molecule has 0 spiro atoms. The van der Waals surface area contributed by atoms with Gasteiger partial charge in [0.15, 0.2) is 0 Å². The Labute approximate surface area is 162 Å². The van der Waals surface area contributed by atoms with Crippen LogP contribution < -0.4 is 10.1 Å². The van der Waals surface area contributed by atoms with E-state index in [0.717, 1.165) is 28.0 Å². The summed E-state index contributed by atoms with van der Waals surface area (Å²) in [7, 11) is 0. The summed E-state index contributed by atoms with van der Waals surface area (Å²) in [5.41, 5.74) is 3.81. The van der Waals surface area contributed by atoms with Crippen molar-refractivity contribution in [3.8, 4) is 16.9 Å². The van der Waals surface area contributed by atoms with Gasteiger partial charge < -0.3 is 15.2 Å². The van der Waals surface area contributed by atoms with Crippen LogP contribution in [0.3, 0.4) is 0 Å². The number of para-hydroxylation sites is 1. The minimum atomic E-state index is -1.07. The molecule has 0 radical (unpaired) electrons. The first-order chi connectivity index (χ1) is 13.6. The van der Waals surface area contributed by atoms with Crippen LogP contribution in [0.15, 0.2) is 72.8 Å². The van der Waals surface area contributed by atoms with E-state index in [1.165, 1.54) is 12.1 Å². The van der Waals surface area contributed by atoms with Gasteiger partial charge in [-0.15, -0.1) is 0 Å². The fourth-order valence-corrected chi connectivity index (χ4v) is 3.68. The van der Waals surface area contributed by atoms with E-state index < -0.39 is 6.09 Å². The molecule has 2 N–H and O–H groups in total. The molecule has 3 aromatic rings. The molecule has 1 aliphatic heterocycles. The van der Waals surface area contributed by atoms with Crippen LogP contribution in [0.25, 0.3) is 11.1 Å². The maximum Gasteiger partial charge on any atom is 0.405 e. The Kier molecular flexibility index (Phi) is 4.98. The fourth-order valence-electron chi connectivity index (χ4n) is 3.68. The molecular weight excluding hydrogens is 357 g/mol. The molecule has 0 saturated heterocycles. The van der Waals surface area contributed by atoms with Crippen LogP contribution in [-0.2, 0) is 12.8 Å². The van der Waals surface area contributed by atoms with Crippen LogP contribution in [0.5, 0.6) is 5.75 Å². The number of carboxylic acid groups (broad SMARTS) is 1. The van der Waals surface area contributed by atoms with E-state index in [1.807, 2.05) is 48.5 Å². The Morgan fingerprint density at radius 3 is 2.54 bits per heavy atom. The summed E-state index contributed by atoms with van der Waals surface area (Å²) in [6.07, 6.45) is -0.230. The number of carbonyl (C=O) groups is 1. The first-order valence-electron chi connectivity index (χ1n) is 9.18. The Hall–Kier alpha value is -3.34. The second-order valence-electron chi connectivity index (χ2n) is 6.91. The van der Waals surface area contributed by atoms with Crippen molar-refractivity contribution >= 4 is 6.09 Å². The first kappa shape index (κ1) is 18.0. The molecule has 2 unspecified atom stereocenters. The first-order valence-corrected chi connectivity index (χ1v) is 9.18. The highest BCUT2D eigenvalue weighted by atomic mass is 19.1. The van der Waals surface area contributed by atoms with Crippen LogP contribution in [0.4, 0.5) is 9.18 Å². The molecule has 1 amide bonds. The molecule has 28 heavy (non-hydrogen) atoms. The van der Waals surface area contributed by atoms with E-state index in [1.54, 1.807) is 12.1 Å². The van der Waals surface area contributed by atoms with Crippen molar-refractivity contribution < 1.29 is 19.0 Å². The van der Waals surface area contributed by atoms with E-state index in [9.17, 15) is 14.3 Å². The van der Waals surface area contributed by atoms with E-state index in [4.69, 9.17) is 4.74 Å². The van der Waals surface area contributed by atoms with Crippen molar-refractivity contribution in [1.29, 1.82) is 0 Å². The fraction of sp³-hybridized carbons (Fsp3) is 0.174.